The van der Waals surface area contributed by atoms with Crippen molar-refractivity contribution in [3.63, 3.8) is 0 Å². The number of rotatable bonds is 6. The minimum absolute atomic E-state index is 0.00173. The van der Waals surface area contributed by atoms with Crippen molar-refractivity contribution in [3.05, 3.63) is 59.2 Å². The molecule has 0 radical (unpaired) electrons. The number of hydrogen-bond donors (Lipinski definition) is 2. The second kappa shape index (κ2) is 8.62. The highest BCUT2D eigenvalue weighted by Crippen LogP contribution is 2.20. The maximum absolute atomic E-state index is 13.1. The molecule has 0 saturated carbocycles. The van der Waals surface area contributed by atoms with Gasteiger partial charge in [0.15, 0.2) is 11.6 Å². The molecule has 0 fully saturated rings. The molecule has 2 N–H and O–H groups in total. The molecule has 0 aromatic heterocycles. The molecule has 25 heavy (non-hydrogen) atoms. The third-order valence-corrected chi connectivity index (χ3v) is 4.45. The van der Waals surface area contributed by atoms with Gasteiger partial charge in [-0.25, -0.2) is 8.78 Å². The van der Waals surface area contributed by atoms with Gasteiger partial charge in [0.05, 0.1) is 12.3 Å². The zero-order chi connectivity index (χ0) is 18.4. The number of carbonyl (C=O) groups excluding carboxylic acids is 2. The van der Waals surface area contributed by atoms with Gasteiger partial charge in [0, 0.05) is 10.6 Å². The van der Waals surface area contributed by atoms with Crippen LogP contribution in [-0.2, 0) is 9.59 Å². The molecule has 0 heterocycles. The summed E-state index contributed by atoms with van der Waals surface area (Å²) in [6.07, 6.45) is 0. The van der Waals surface area contributed by atoms with Crippen LogP contribution in [-0.4, -0.2) is 24.1 Å². The Morgan fingerprint density at radius 1 is 1.00 bits per heavy atom. The maximum Gasteiger partial charge on any atom is 0.243 e. The number of hydrogen-bond acceptors (Lipinski definition) is 3. The van der Waals surface area contributed by atoms with Crippen LogP contribution >= 0.6 is 11.8 Å². The lowest BCUT2D eigenvalue weighted by Crippen LogP contribution is -2.34. The molecule has 0 saturated heterocycles. The SMILES string of the molecule is Cc1cccc(C)c1NC(=O)CNC(=O)CSc1ccc(F)c(F)c1. The van der Waals surface area contributed by atoms with Gasteiger partial charge in [0.2, 0.25) is 11.8 Å². The van der Waals surface area contributed by atoms with E-state index in [9.17, 15) is 18.4 Å². The van der Waals surface area contributed by atoms with Crippen molar-refractivity contribution < 1.29 is 18.4 Å². The number of para-hydroxylation sites is 1. The van der Waals surface area contributed by atoms with E-state index in [1.165, 1.54) is 6.07 Å². The monoisotopic (exact) mass is 364 g/mol. The number of carbonyl (C=O) groups is 2. The molecule has 132 valence electrons. The number of nitrogens with one attached hydrogen (secondary N) is 2. The first-order valence-electron chi connectivity index (χ1n) is 7.57. The summed E-state index contributed by atoms with van der Waals surface area (Å²) in [6, 6.07) is 9.11. The van der Waals surface area contributed by atoms with Crippen molar-refractivity contribution >= 4 is 29.3 Å². The van der Waals surface area contributed by atoms with Crippen LogP contribution in [0.25, 0.3) is 0 Å². The molecule has 4 nitrogen and oxygen atoms in total. The highest BCUT2D eigenvalue weighted by atomic mass is 32.2. The van der Waals surface area contributed by atoms with Crippen molar-refractivity contribution in [3.8, 4) is 0 Å². The van der Waals surface area contributed by atoms with E-state index in [4.69, 9.17) is 0 Å². The third-order valence-electron chi connectivity index (χ3n) is 3.45. The number of anilines is 1. The Kier molecular flexibility index (Phi) is 6.52. The van der Waals surface area contributed by atoms with E-state index in [-0.39, 0.29) is 24.1 Å². The maximum atomic E-state index is 13.1. The summed E-state index contributed by atoms with van der Waals surface area (Å²) in [6.45, 7) is 3.62. The molecule has 0 aliphatic carbocycles. The summed E-state index contributed by atoms with van der Waals surface area (Å²) in [7, 11) is 0. The van der Waals surface area contributed by atoms with E-state index < -0.39 is 11.6 Å². The Morgan fingerprint density at radius 3 is 2.32 bits per heavy atom. The van der Waals surface area contributed by atoms with E-state index in [1.807, 2.05) is 32.0 Å². The number of benzene rings is 2. The van der Waals surface area contributed by atoms with Crippen LogP contribution in [0.2, 0.25) is 0 Å². The van der Waals surface area contributed by atoms with Gasteiger partial charge < -0.3 is 10.6 Å². The fraction of sp³-hybridized carbons (Fsp3) is 0.222. The van der Waals surface area contributed by atoms with Crippen molar-refractivity contribution in [1.29, 1.82) is 0 Å². The molecule has 0 unspecified atom stereocenters. The van der Waals surface area contributed by atoms with Crippen LogP contribution in [0, 0.1) is 25.5 Å². The summed E-state index contributed by atoms with van der Waals surface area (Å²) < 4.78 is 25.9. The molecule has 2 amide bonds. The predicted molar refractivity (Wildman–Crippen MR) is 94.6 cm³/mol. The van der Waals surface area contributed by atoms with Crippen molar-refractivity contribution in [2.45, 2.75) is 18.7 Å². The molecule has 0 atom stereocenters. The first-order valence-corrected chi connectivity index (χ1v) is 8.56. The molecule has 0 bridgehead atoms. The predicted octanol–water partition coefficient (Wildman–Crippen LogP) is 3.43. The molecule has 0 spiro atoms. The first kappa shape index (κ1) is 18.9. The zero-order valence-corrected chi connectivity index (χ0v) is 14.7. The van der Waals surface area contributed by atoms with Gasteiger partial charge in [0.1, 0.15) is 0 Å². The first-order chi connectivity index (χ1) is 11.9. The average molecular weight is 364 g/mol. The van der Waals surface area contributed by atoms with Gasteiger partial charge in [-0.15, -0.1) is 11.8 Å². The molecule has 2 aromatic rings. The summed E-state index contributed by atoms with van der Waals surface area (Å²) in [4.78, 5) is 24.2. The molecule has 2 rings (SSSR count). The van der Waals surface area contributed by atoms with Crippen LogP contribution in [0.3, 0.4) is 0 Å². The zero-order valence-electron chi connectivity index (χ0n) is 13.9. The van der Waals surface area contributed by atoms with Gasteiger partial charge in [0.25, 0.3) is 0 Å². The lowest BCUT2D eigenvalue weighted by molar-refractivity contribution is -0.122. The van der Waals surface area contributed by atoms with Gasteiger partial charge in [-0.2, -0.15) is 0 Å². The smallest absolute Gasteiger partial charge is 0.243 e. The largest absolute Gasteiger partial charge is 0.346 e. The number of amides is 2. The summed E-state index contributed by atoms with van der Waals surface area (Å²) in [5, 5.41) is 5.27. The summed E-state index contributed by atoms with van der Waals surface area (Å²) >= 11 is 1.06. The quantitative estimate of drug-likeness (QED) is 0.772. The molecular formula is C18H18F2N2O2S. The van der Waals surface area contributed by atoms with Crippen LogP contribution in [0.4, 0.5) is 14.5 Å². The van der Waals surface area contributed by atoms with Crippen molar-refractivity contribution in [1.82, 2.24) is 5.32 Å². The van der Waals surface area contributed by atoms with Crippen molar-refractivity contribution in [2.24, 2.45) is 0 Å². The van der Waals surface area contributed by atoms with Gasteiger partial charge in [-0.3, -0.25) is 9.59 Å². The summed E-state index contributed by atoms with van der Waals surface area (Å²) in [5.41, 5.74) is 2.61. The highest BCUT2D eigenvalue weighted by molar-refractivity contribution is 8.00. The minimum atomic E-state index is -0.960. The number of halogens is 2. The average Bonchev–Trinajstić information content (AvgIpc) is 2.57. The van der Waals surface area contributed by atoms with Crippen molar-refractivity contribution in [2.75, 3.05) is 17.6 Å². The van der Waals surface area contributed by atoms with Gasteiger partial charge in [-0.1, -0.05) is 18.2 Å². The Bertz CT molecular complexity index is 776. The van der Waals surface area contributed by atoms with Crippen LogP contribution in [0.5, 0.6) is 0 Å². The van der Waals surface area contributed by atoms with Crippen LogP contribution in [0.15, 0.2) is 41.3 Å². The molecular weight excluding hydrogens is 346 g/mol. The second-order valence-electron chi connectivity index (χ2n) is 5.46. The Labute approximate surface area is 149 Å². The summed E-state index contributed by atoms with van der Waals surface area (Å²) in [5.74, 6) is -2.59. The lowest BCUT2D eigenvalue weighted by Gasteiger charge is -2.12. The molecule has 0 aliphatic rings. The minimum Gasteiger partial charge on any atom is -0.346 e. The Balaban J connectivity index is 1.79. The topological polar surface area (TPSA) is 58.2 Å². The molecule has 2 aromatic carbocycles. The van der Waals surface area contributed by atoms with E-state index in [1.54, 1.807) is 0 Å². The fourth-order valence-corrected chi connectivity index (χ4v) is 2.89. The molecule has 0 aliphatic heterocycles. The fourth-order valence-electron chi connectivity index (χ4n) is 2.14. The number of thioether (sulfide) groups is 1. The number of aryl methyl sites for hydroxylation is 2. The molecule has 7 heteroatoms. The second-order valence-corrected chi connectivity index (χ2v) is 6.51. The van der Waals surface area contributed by atoms with Crippen LogP contribution in [0.1, 0.15) is 11.1 Å². The highest BCUT2D eigenvalue weighted by Gasteiger charge is 2.10. The lowest BCUT2D eigenvalue weighted by atomic mass is 10.1. The standard InChI is InChI=1S/C18H18F2N2O2S/c1-11-4-3-5-12(2)18(11)22-16(23)9-21-17(24)10-25-13-6-7-14(19)15(20)8-13/h3-8H,9-10H2,1-2H3,(H,21,24)(H,22,23). The third kappa shape index (κ3) is 5.56. The van der Waals surface area contributed by atoms with E-state index in [2.05, 4.69) is 10.6 Å². The van der Waals surface area contributed by atoms with E-state index >= 15 is 0 Å². The van der Waals surface area contributed by atoms with Crippen LogP contribution < -0.4 is 10.6 Å². The van der Waals surface area contributed by atoms with Gasteiger partial charge in [-0.05, 0) is 43.2 Å². The normalized spacial score (nSPS) is 10.4. The Hall–Kier alpha value is -2.41. The Morgan fingerprint density at radius 2 is 1.68 bits per heavy atom. The van der Waals surface area contributed by atoms with E-state index in [0.717, 1.165) is 40.7 Å². The van der Waals surface area contributed by atoms with E-state index in [0.29, 0.717) is 4.90 Å². The van der Waals surface area contributed by atoms with Gasteiger partial charge >= 0.3 is 0 Å².